The zero-order valence-electron chi connectivity index (χ0n) is 11.8. The molecule has 2 heteroatoms. The predicted molar refractivity (Wildman–Crippen MR) is 83.3 cm³/mol. The van der Waals surface area contributed by atoms with Crippen LogP contribution in [-0.4, -0.2) is 18.0 Å². The summed E-state index contributed by atoms with van der Waals surface area (Å²) in [6.07, 6.45) is 2.24. The molecule has 1 atom stereocenters. The van der Waals surface area contributed by atoms with Crippen molar-refractivity contribution in [2.24, 2.45) is 5.73 Å². The van der Waals surface area contributed by atoms with E-state index in [2.05, 4.69) is 65.6 Å². The largest absolute Gasteiger partial charge is 0.320 e. The summed E-state index contributed by atoms with van der Waals surface area (Å²) in [5, 5.41) is 0. The lowest BCUT2D eigenvalue weighted by Crippen LogP contribution is -2.51. The molecule has 2 aromatic carbocycles. The molecule has 2 nitrogen and oxygen atoms in total. The molecule has 2 N–H and O–H groups in total. The fourth-order valence-corrected chi connectivity index (χ4v) is 3.16. The van der Waals surface area contributed by atoms with Gasteiger partial charge < -0.3 is 5.73 Å². The van der Waals surface area contributed by atoms with Gasteiger partial charge in [-0.25, -0.2) is 0 Å². The van der Waals surface area contributed by atoms with Crippen molar-refractivity contribution in [1.29, 1.82) is 0 Å². The molecule has 104 valence electrons. The third-order valence-electron chi connectivity index (χ3n) is 4.20. The minimum Gasteiger partial charge on any atom is -0.320 e. The number of nitrogens with two attached hydrogens (primary N) is 1. The topological polar surface area (TPSA) is 29.3 Å². The number of likely N-dealkylation sites (tertiary alicyclic amines) is 1. The quantitative estimate of drug-likeness (QED) is 0.924. The van der Waals surface area contributed by atoms with E-state index in [1.807, 2.05) is 0 Å². The van der Waals surface area contributed by atoms with Gasteiger partial charge in [0, 0.05) is 13.1 Å². The van der Waals surface area contributed by atoms with Gasteiger partial charge in [0.05, 0.1) is 5.54 Å². The maximum Gasteiger partial charge on any atom is 0.0539 e. The Kier molecular flexibility index (Phi) is 3.86. The van der Waals surface area contributed by atoms with Crippen molar-refractivity contribution in [3.8, 4) is 0 Å². The summed E-state index contributed by atoms with van der Waals surface area (Å²) in [6, 6.07) is 21.2. The van der Waals surface area contributed by atoms with Crippen molar-refractivity contribution >= 4 is 0 Å². The van der Waals surface area contributed by atoms with Crippen LogP contribution in [0.4, 0.5) is 0 Å². The van der Waals surface area contributed by atoms with E-state index in [0.717, 1.165) is 32.5 Å². The molecular weight excluding hydrogens is 244 g/mol. The average molecular weight is 266 g/mol. The molecule has 2 aromatic rings. The first-order valence-electron chi connectivity index (χ1n) is 7.37. The lowest BCUT2D eigenvalue weighted by molar-refractivity contribution is 0.142. The van der Waals surface area contributed by atoms with Gasteiger partial charge in [0.2, 0.25) is 0 Å². The Labute approximate surface area is 121 Å². The van der Waals surface area contributed by atoms with Gasteiger partial charge in [0.25, 0.3) is 0 Å². The number of rotatable bonds is 3. The summed E-state index contributed by atoms with van der Waals surface area (Å²) >= 11 is 0. The van der Waals surface area contributed by atoms with Crippen molar-refractivity contribution in [3.63, 3.8) is 0 Å². The fraction of sp³-hybridized carbons (Fsp3) is 0.333. The van der Waals surface area contributed by atoms with Gasteiger partial charge in [-0.2, -0.15) is 0 Å². The molecule has 1 heterocycles. The third-order valence-corrected chi connectivity index (χ3v) is 4.20. The van der Waals surface area contributed by atoms with Gasteiger partial charge in [-0.1, -0.05) is 60.7 Å². The van der Waals surface area contributed by atoms with Crippen molar-refractivity contribution in [1.82, 2.24) is 4.90 Å². The van der Waals surface area contributed by atoms with Crippen molar-refractivity contribution in [3.05, 3.63) is 71.8 Å². The van der Waals surface area contributed by atoms with Crippen LogP contribution in [-0.2, 0) is 12.1 Å². The van der Waals surface area contributed by atoms with Crippen LogP contribution in [0.25, 0.3) is 0 Å². The molecule has 1 unspecified atom stereocenters. The van der Waals surface area contributed by atoms with Gasteiger partial charge in [-0.05, 0) is 30.5 Å². The predicted octanol–water partition coefficient (Wildman–Crippen LogP) is 3.14. The van der Waals surface area contributed by atoms with Crippen molar-refractivity contribution in [2.75, 3.05) is 13.1 Å². The third kappa shape index (κ3) is 2.92. The summed E-state index contributed by atoms with van der Waals surface area (Å²) in [6.45, 7) is 3.07. The minimum atomic E-state index is -0.200. The zero-order chi connectivity index (χ0) is 13.8. The Morgan fingerprint density at radius 3 is 2.30 bits per heavy atom. The van der Waals surface area contributed by atoms with E-state index in [0.29, 0.717) is 0 Å². The van der Waals surface area contributed by atoms with Gasteiger partial charge >= 0.3 is 0 Å². The molecule has 1 saturated heterocycles. The second-order valence-corrected chi connectivity index (χ2v) is 5.82. The first-order chi connectivity index (χ1) is 9.76. The molecule has 0 aromatic heterocycles. The maximum absolute atomic E-state index is 6.68. The average Bonchev–Trinajstić information content (AvgIpc) is 2.49. The highest BCUT2D eigenvalue weighted by Gasteiger charge is 2.32. The van der Waals surface area contributed by atoms with Crippen LogP contribution in [0, 0.1) is 0 Å². The molecule has 0 radical (unpaired) electrons. The number of hydrogen-bond donors (Lipinski definition) is 1. The van der Waals surface area contributed by atoms with Gasteiger partial charge in [0.1, 0.15) is 0 Å². The highest BCUT2D eigenvalue weighted by Crippen LogP contribution is 2.29. The molecule has 0 spiro atoms. The summed E-state index contributed by atoms with van der Waals surface area (Å²) in [5.41, 5.74) is 9.11. The normalized spacial score (nSPS) is 23.6. The number of piperidine rings is 1. The molecule has 0 aliphatic carbocycles. The standard InChI is InChI=1S/C18H22N2/c19-18(17-10-5-2-6-11-17)12-7-13-20(15-18)14-16-8-3-1-4-9-16/h1-6,8-11H,7,12-15,19H2. The van der Waals surface area contributed by atoms with Crippen LogP contribution in [0.5, 0.6) is 0 Å². The lowest BCUT2D eigenvalue weighted by Gasteiger charge is -2.40. The van der Waals surface area contributed by atoms with Crippen LogP contribution < -0.4 is 5.73 Å². The van der Waals surface area contributed by atoms with Crippen LogP contribution >= 0.6 is 0 Å². The van der Waals surface area contributed by atoms with Crippen molar-refractivity contribution < 1.29 is 0 Å². The minimum absolute atomic E-state index is 0.200. The van der Waals surface area contributed by atoms with Crippen LogP contribution in [0.15, 0.2) is 60.7 Å². The number of benzene rings is 2. The Morgan fingerprint density at radius 2 is 1.60 bits per heavy atom. The second-order valence-electron chi connectivity index (χ2n) is 5.82. The molecule has 1 aliphatic heterocycles. The van der Waals surface area contributed by atoms with E-state index >= 15 is 0 Å². The van der Waals surface area contributed by atoms with Crippen molar-refractivity contribution in [2.45, 2.75) is 24.9 Å². The smallest absolute Gasteiger partial charge is 0.0539 e. The maximum atomic E-state index is 6.68. The van der Waals surface area contributed by atoms with E-state index in [1.54, 1.807) is 0 Å². The molecular formula is C18H22N2. The van der Waals surface area contributed by atoms with Gasteiger partial charge in [-0.3, -0.25) is 4.90 Å². The summed E-state index contributed by atoms with van der Waals surface area (Å²) in [7, 11) is 0. The highest BCUT2D eigenvalue weighted by molar-refractivity contribution is 5.25. The van der Waals surface area contributed by atoms with Crippen LogP contribution in [0.3, 0.4) is 0 Å². The second kappa shape index (κ2) is 5.78. The zero-order valence-corrected chi connectivity index (χ0v) is 11.8. The van der Waals surface area contributed by atoms with E-state index in [-0.39, 0.29) is 5.54 Å². The summed E-state index contributed by atoms with van der Waals surface area (Å²) in [5.74, 6) is 0. The highest BCUT2D eigenvalue weighted by atomic mass is 15.2. The first kappa shape index (κ1) is 13.3. The molecule has 0 bridgehead atoms. The molecule has 1 aliphatic rings. The van der Waals surface area contributed by atoms with E-state index in [9.17, 15) is 0 Å². The fourth-order valence-electron chi connectivity index (χ4n) is 3.16. The molecule has 3 rings (SSSR count). The van der Waals surface area contributed by atoms with E-state index < -0.39 is 0 Å². The van der Waals surface area contributed by atoms with Crippen LogP contribution in [0.1, 0.15) is 24.0 Å². The Hall–Kier alpha value is -1.64. The Morgan fingerprint density at radius 1 is 0.950 bits per heavy atom. The molecule has 1 fully saturated rings. The SMILES string of the molecule is NC1(c2ccccc2)CCCN(Cc2ccccc2)C1. The van der Waals surface area contributed by atoms with Gasteiger partial charge in [-0.15, -0.1) is 0 Å². The molecule has 0 amide bonds. The van der Waals surface area contributed by atoms with Crippen LogP contribution in [0.2, 0.25) is 0 Å². The number of hydrogen-bond acceptors (Lipinski definition) is 2. The molecule has 20 heavy (non-hydrogen) atoms. The van der Waals surface area contributed by atoms with Gasteiger partial charge in [0.15, 0.2) is 0 Å². The number of nitrogens with zero attached hydrogens (tertiary/aromatic N) is 1. The van der Waals surface area contributed by atoms with E-state index in [1.165, 1.54) is 11.1 Å². The monoisotopic (exact) mass is 266 g/mol. The summed E-state index contributed by atoms with van der Waals surface area (Å²) in [4.78, 5) is 2.48. The summed E-state index contributed by atoms with van der Waals surface area (Å²) < 4.78 is 0. The molecule has 0 saturated carbocycles. The lowest BCUT2D eigenvalue weighted by atomic mass is 9.83. The Bertz CT molecular complexity index is 538. The Balaban J connectivity index is 1.73. The first-order valence-corrected chi connectivity index (χ1v) is 7.37. The van der Waals surface area contributed by atoms with E-state index in [4.69, 9.17) is 5.73 Å².